The van der Waals surface area contributed by atoms with E-state index in [2.05, 4.69) is 15.3 Å². The minimum atomic E-state index is -0.0281. The number of nitrogens with one attached hydrogen (secondary N) is 1. The highest BCUT2D eigenvalue weighted by atomic mass is 16.5. The molecule has 1 amide bonds. The van der Waals surface area contributed by atoms with Gasteiger partial charge in [-0.2, -0.15) is 0 Å². The highest BCUT2D eigenvalue weighted by Crippen LogP contribution is 2.18. The van der Waals surface area contributed by atoms with Gasteiger partial charge in [-0.1, -0.05) is 0 Å². The van der Waals surface area contributed by atoms with Gasteiger partial charge in [0.2, 0.25) is 5.95 Å². The minimum absolute atomic E-state index is 0.0281. The van der Waals surface area contributed by atoms with Gasteiger partial charge in [0.1, 0.15) is 11.4 Å². The van der Waals surface area contributed by atoms with Gasteiger partial charge in [-0.05, 0) is 50.1 Å². The van der Waals surface area contributed by atoms with Crippen LogP contribution in [0.25, 0.3) is 0 Å². The van der Waals surface area contributed by atoms with Gasteiger partial charge in [-0.25, -0.2) is 9.97 Å². The van der Waals surface area contributed by atoms with Crippen LogP contribution >= 0.6 is 0 Å². The second-order valence-corrected chi connectivity index (χ2v) is 5.35. The smallest absolute Gasteiger partial charge is 0.272 e. The Hall–Kier alpha value is -2.63. The maximum atomic E-state index is 12.4. The Morgan fingerprint density at radius 1 is 1.22 bits per heavy atom. The molecular formula is C17H20N4O2. The van der Waals surface area contributed by atoms with E-state index in [9.17, 15) is 4.79 Å². The van der Waals surface area contributed by atoms with Crippen LogP contribution in [0.3, 0.4) is 0 Å². The summed E-state index contributed by atoms with van der Waals surface area (Å²) in [4.78, 5) is 22.7. The van der Waals surface area contributed by atoms with Crippen molar-refractivity contribution in [2.45, 2.75) is 19.8 Å². The monoisotopic (exact) mass is 312 g/mol. The molecule has 0 aliphatic carbocycles. The Bertz CT molecular complexity index is 667. The van der Waals surface area contributed by atoms with Crippen molar-refractivity contribution in [3.05, 3.63) is 42.2 Å². The lowest BCUT2D eigenvalue weighted by molar-refractivity contribution is 0.0787. The molecule has 0 spiro atoms. The molecule has 1 saturated heterocycles. The zero-order valence-electron chi connectivity index (χ0n) is 13.2. The number of hydrogen-bond acceptors (Lipinski definition) is 5. The van der Waals surface area contributed by atoms with Crippen molar-refractivity contribution in [2.24, 2.45) is 0 Å². The lowest BCUT2D eigenvalue weighted by atomic mass is 10.3. The van der Waals surface area contributed by atoms with Crippen molar-refractivity contribution in [2.75, 3.05) is 25.0 Å². The number of ether oxygens (including phenoxy) is 1. The number of amides is 1. The second-order valence-electron chi connectivity index (χ2n) is 5.35. The minimum Gasteiger partial charge on any atom is -0.494 e. The van der Waals surface area contributed by atoms with Crippen LogP contribution in [0, 0.1) is 0 Å². The number of aromatic nitrogens is 2. The SMILES string of the molecule is CCOc1ccc(Nc2nccc(C(=O)N3CCCC3)n2)cc1. The molecule has 0 atom stereocenters. The summed E-state index contributed by atoms with van der Waals surface area (Å²) in [6.45, 7) is 4.20. The molecule has 1 aromatic carbocycles. The van der Waals surface area contributed by atoms with Gasteiger partial charge in [-0.15, -0.1) is 0 Å². The third kappa shape index (κ3) is 3.77. The van der Waals surface area contributed by atoms with E-state index in [4.69, 9.17) is 4.74 Å². The van der Waals surface area contributed by atoms with Crippen molar-refractivity contribution in [3.8, 4) is 5.75 Å². The standard InChI is InChI=1S/C17H20N4O2/c1-2-23-14-7-5-13(6-8-14)19-17-18-10-9-15(20-17)16(22)21-11-3-4-12-21/h5-10H,2-4,11-12H2,1H3,(H,18,19,20). The van der Waals surface area contributed by atoms with Crippen molar-refractivity contribution in [1.29, 1.82) is 0 Å². The first-order valence-electron chi connectivity index (χ1n) is 7.88. The number of benzene rings is 1. The molecule has 1 aliphatic heterocycles. The Balaban J connectivity index is 1.70. The zero-order chi connectivity index (χ0) is 16.1. The van der Waals surface area contributed by atoms with Gasteiger partial charge in [0.25, 0.3) is 5.91 Å². The number of rotatable bonds is 5. The molecule has 2 heterocycles. The number of carbonyl (C=O) groups is 1. The number of carbonyl (C=O) groups excluding carboxylic acids is 1. The van der Waals surface area contributed by atoms with Crippen molar-refractivity contribution in [1.82, 2.24) is 14.9 Å². The molecule has 6 heteroatoms. The molecular weight excluding hydrogens is 292 g/mol. The normalized spacial score (nSPS) is 13.9. The van der Waals surface area contributed by atoms with E-state index in [-0.39, 0.29) is 5.91 Å². The van der Waals surface area contributed by atoms with Crippen LogP contribution < -0.4 is 10.1 Å². The van der Waals surface area contributed by atoms with Crippen LogP contribution in [0.5, 0.6) is 5.75 Å². The van der Waals surface area contributed by atoms with Crippen LogP contribution in [-0.2, 0) is 0 Å². The number of anilines is 2. The Morgan fingerprint density at radius 3 is 2.65 bits per heavy atom. The molecule has 0 unspecified atom stereocenters. The predicted octanol–water partition coefficient (Wildman–Crippen LogP) is 2.85. The Kier molecular flexibility index (Phi) is 4.71. The molecule has 1 aliphatic rings. The highest BCUT2D eigenvalue weighted by Gasteiger charge is 2.20. The van der Waals surface area contributed by atoms with E-state index in [1.165, 1.54) is 0 Å². The molecule has 23 heavy (non-hydrogen) atoms. The Morgan fingerprint density at radius 2 is 1.96 bits per heavy atom. The van der Waals surface area contributed by atoms with Crippen LogP contribution in [0.15, 0.2) is 36.5 Å². The summed E-state index contributed by atoms with van der Waals surface area (Å²) in [5.41, 5.74) is 1.27. The molecule has 6 nitrogen and oxygen atoms in total. The molecule has 1 N–H and O–H groups in total. The van der Waals surface area contributed by atoms with Crippen molar-refractivity contribution in [3.63, 3.8) is 0 Å². The molecule has 3 rings (SSSR count). The van der Waals surface area contributed by atoms with E-state index in [1.54, 1.807) is 12.3 Å². The van der Waals surface area contributed by atoms with E-state index in [0.29, 0.717) is 18.2 Å². The fourth-order valence-electron chi connectivity index (χ4n) is 2.55. The first kappa shape index (κ1) is 15.3. The third-order valence-corrected chi connectivity index (χ3v) is 3.69. The average molecular weight is 312 g/mol. The summed E-state index contributed by atoms with van der Waals surface area (Å²) in [6.07, 6.45) is 3.73. The predicted molar refractivity (Wildman–Crippen MR) is 88.1 cm³/mol. The van der Waals surface area contributed by atoms with Crippen LogP contribution in [0.2, 0.25) is 0 Å². The summed E-state index contributed by atoms with van der Waals surface area (Å²) < 4.78 is 5.41. The lowest BCUT2D eigenvalue weighted by Gasteiger charge is -2.14. The van der Waals surface area contributed by atoms with Crippen LogP contribution in [0.1, 0.15) is 30.3 Å². The van der Waals surface area contributed by atoms with Gasteiger partial charge in [0.15, 0.2) is 0 Å². The van der Waals surface area contributed by atoms with Gasteiger partial charge in [0, 0.05) is 25.0 Å². The van der Waals surface area contributed by atoms with Gasteiger partial charge < -0.3 is 15.0 Å². The lowest BCUT2D eigenvalue weighted by Crippen LogP contribution is -2.28. The topological polar surface area (TPSA) is 67.3 Å². The molecule has 2 aromatic rings. The summed E-state index contributed by atoms with van der Waals surface area (Å²) in [7, 11) is 0. The van der Waals surface area contributed by atoms with Crippen LogP contribution in [-0.4, -0.2) is 40.5 Å². The number of hydrogen-bond donors (Lipinski definition) is 1. The molecule has 0 bridgehead atoms. The molecule has 1 aromatic heterocycles. The van der Waals surface area contributed by atoms with Gasteiger partial charge >= 0.3 is 0 Å². The fourth-order valence-corrected chi connectivity index (χ4v) is 2.55. The van der Waals surface area contributed by atoms with E-state index >= 15 is 0 Å². The summed E-state index contributed by atoms with van der Waals surface area (Å²) in [6, 6.07) is 9.20. The summed E-state index contributed by atoms with van der Waals surface area (Å²) in [5.74, 6) is 1.20. The first-order valence-corrected chi connectivity index (χ1v) is 7.88. The van der Waals surface area contributed by atoms with E-state index in [0.717, 1.165) is 37.4 Å². The second kappa shape index (κ2) is 7.09. The fraction of sp³-hybridized carbons (Fsp3) is 0.353. The number of likely N-dealkylation sites (tertiary alicyclic amines) is 1. The molecule has 0 saturated carbocycles. The van der Waals surface area contributed by atoms with Gasteiger partial charge in [0.05, 0.1) is 6.61 Å². The molecule has 120 valence electrons. The number of nitrogens with zero attached hydrogens (tertiary/aromatic N) is 3. The van der Waals surface area contributed by atoms with Crippen molar-refractivity contribution < 1.29 is 9.53 Å². The molecule has 1 fully saturated rings. The summed E-state index contributed by atoms with van der Waals surface area (Å²) in [5, 5.41) is 3.11. The summed E-state index contributed by atoms with van der Waals surface area (Å²) >= 11 is 0. The zero-order valence-corrected chi connectivity index (χ0v) is 13.2. The first-order chi connectivity index (χ1) is 11.3. The maximum Gasteiger partial charge on any atom is 0.272 e. The Labute approximate surface area is 135 Å². The highest BCUT2D eigenvalue weighted by molar-refractivity contribution is 5.92. The van der Waals surface area contributed by atoms with Gasteiger partial charge in [-0.3, -0.25) is 4.79 Å². The third-order valence-electron chi connectivity index (χ3n) is 3.69. The largest absolute Gasteiger partial charge is 0.494 e. The molecule has 0 radical (unpaired) electrons. The maximum absolute atomic E-state index is 12.4. The van der Waals surface area contributed by atoms with E-state index in [1.807, 2.05) is 36.1 Å². The van der Waals surface area contributed by atoms with Crippen molar-refractivity contribution >= 4 is 17.5 Å². The quantitative estimate of drug-likeness (QED) is 0.919. The average Bonchev–Trinajstić information content (AvgIpc) is 3.11. The van der Waals surface area contributed by atoms with Crippen LogP contribution in [0.4, 0.5) is 11.6 Å². The van der Waals surface area contributed by atoms with E-state index < -0.39 is 0 Å².